The Hall–Kier alpha value is -1.82. The molecular formula is C15H23NO5. The van der Waals surface area contributed by atoms with Crippen LogP contribution in [0.1, 0.15) is 38.2 Å². The number of Topliss-reactive ketones (excluding diaryl/α,β-unsaturated/α-hetero) is 1. The van der Waals surface area contributed by atoms with Crippen molar-refractivity contribution in [2.24, 2.45) is 5.92 Å². The van der Waals surface area contributed by atoms with Crippen LogP contribution in [0.2, 0.25) is 0 Å². The van der Waals surface area contributed by atoms with Gasteiger partial charge in [-0.05, 0) is 32.9 Å². The predicted octanol–water partition coefficient (Wildman–Crippen LogP) is 2.64. The Labute approximate surface area is 124 Å². The van der Waals surface area contributed by atoms with Crippen molar-refractivity contribution in [3.05, 3.63) is 24.2 Å². The van der Waals surface area contributed by atoms with Crippen LogP contribution in [0.5, 0.6) is 0 Å². The molecule has 0 aliphatic carbocycles. The van der Waals surface area contributed by atoms with E-state index in [1.807, 2.05) is 0 Å². The molecule has 0 aliphatic rings. The van der Waals surface area contributed by atoms with E-state index in [0.29, 0.717) is 0 Å². The normalized spacial score (nSPS) is 14.3. The highest BCUT2D eigenvalue weighted by Gasteiger charge is 2.29. The average molecular weight is 297 g/mol. The van der Waals surface area contributed by atoms with Gasteiger partial charge in [0.25, 0.3) is 0 Å². The van der Waals surface area contributed by atoms with E-state index in [2.05, 4.69) is 5.32 Å². The number of ether oxygens (including phenoxy) is 2. The van der Waals surface area contributed by atoms with Crippen LogP contribution in [-0.2, 0) is 9.47 Å². The van der Waals surface area contributed by atoms with E-state index in [1.165, 1.54) is 13.4 Å². The van der Waals surface area contributed by atoms with Crippen molar-refractivity contribution in [3.63, 3.8) is 0 Å². The molecule has 1 aromatic rings. The number of carbonyl (C=O) groups is 2. The quantitative estimate of drug-likeness (QED) is 0.817. The Morgan fingerprint density at radius 1 is 1.38 bits per heavy atom. The maximum absolute atomic E-state index is 12.2. The molecule has 0 aliphatic heterocycles. The van der Waals surface area contributed by atoms with Gasteiger partial charge in [-0.25, -0.2) is 4.79 Å². The number of hydrogen-bond acceptors (Lipinski definition) is 5. The zero-order valence-corrected chi connectivity index (χ0v) is 13.1. The van der Waals surface area contributed by atoms with Gasteiger partial charge in [-0.1, -0.05) is 6.92 Å². The number of carbonyl (C=O) groups excluding carboxylic acids is 2. The second kappa shape index (κ2) is 7.26. The van der Waals surface area contributed by atoms with E-state index >= 15 is 0 Å². The number of furan rings is 1. The van der Waals surface area contributed by atoms with Gasteiger partial charge in [0, 0.05) is 13.0 Å². The molecule has 118 valence electrons. The number of rotatable bonds is 6. The Bertz CT molecular complexity index is 461. The summed E-state index contributed by atoms with van der Waals surface area (Å²) in [5.41, 5.74) is -0.601. The Balaban J connectivity index is 2.72. The highest BCUT2D eigenvalue weighted by molar-refractivity contribution is 5.95. The summed E-state index contributed by atoms with van der Waals surface area (Å²) in [6.45, 7) is 7.23. The summed E-state index contributed by atoms with van der Waals surface area (Å²) in [7, 11) is 1.51. The fourth-order valence-electron chi connectivity index (χ4n) is 1.78. The number of methoxy groups -OCH3 is 1. The first-order valence-corrected chi connectivity index (χ1v) is 6.80. The molecule has 1 heterocycles. The second-order valence-electron chi connectivity index (χ2n) is 5.84. The van der Waals surface area contributed by atoms with E-state index in [4.69, 9.17) is 13.9 Å². The molecule has 21 heavy (non-hydrogen) atoms. The Morgan fingerprint density at radius 3 is 2.52 bits per heavy atom. The molecule has 0 spiro atoms. The fourth-order valence-corrected chi connectivity index (χ4v) is 1.78. The van der Waals surface area contributed by atoms with Gasteiger partial charge in [0.1, 0.15) is 5.60 Å². The number of ketones is 1. The molecule has 0 fully saturated rings. The summed E-state index contributed by atoms with van der Waals surface area (Å²) in [4.78, 5) is 24.1. The fraction of sp³-hybridized carbons (Fsp3) is 0.600. The molecule has 1 N–H and O–H groups in total. The minimum atomic E-state index is -0.601. The van der Waals surface area contributed by atoms with Gasteiger partial charge in [0.2, 0.25) is 5.78 Å². The molecule has 0 aromatic carbocycles. The van der Waals surface area contributed by atoms with Gasteiger partial charge >= 0.3 is 6.09 Å². The monoisotopic (exact) mass is 297 g/mol. The Kier molecular flexibility index (Phi) is 5.96. The van der Waals surface area contributed by atoms with Crippen LogP contribution < -0.4 is 5.32 Å². The molecular weight excluding hydrogens is 274 g/mol. The van der Waals surface area contributed by atoms with Crippen molar-refractivity contribution in [2.45, 2.75) is 39.3 Å². The molecule has 6 nitrogen and oxygen atoms in total. The standard InChI is InChI=1S/C15H23NO5/c1-10(13(17)12-7-6-8-20-12)11(9-19-5)16-14(18)21-15(2,3)4/h6-8,10-11H,9H2,1-5H3,(H,16,18). The van der Waals surface area contributed by atoms with E-state index < -0.39 is 23.7 Å². The lowest BCUT2D eigenvalue weighted by Gasteiger charge is -2.26. The van der Waals surface area contributed by atoms with Crippen molar-refractivity contribution >= 4 is 11.9 Å². The maximum Gasteiger partial charge on any atom is 0.407 e. The lowest BCUT2D eigenvalue weighted by Crippen LogP contribution is -2.46. The van der Waals surface area contributed by atoms with Gasteiger partial charge < -0.3 is 19.2 Å². The highest BCUT2D eigenvalue weighted by Crippen LogP contribution is 2.14. The third-order valence-corrected chi connectivity index (χ3v) is 2.83. The number of amides is 1. The van der Waals surface area contributed by atoms with Gasteiger partial charge in [0.05, 0.1) is 18.9 Å². The first kappa shape index (κ1) is 17.2. The van der Waals surface area contributed by atoms with Crippen molar-refractivity contribution < 1.29 is 23.5 Å². The summed E-state index contributed by atoms with van der Waals surface area (Å²) in [6, 6.07) is 2.74. The topological polar surface area (TPSA) is 77.8 Å². The zero-order chi connectivity index (χ0) is 16.0. The number of nitrogens with one attached hydrogen (secondary N) is 1. The molecule has 1 amide bonds. The Morgan fingerprint density at radius 2 is 2.05 bits per heavy atom. The van der Waals surface area contributed by atoms with Crippen LogP contribution in [0.3, 0.4) is 0 Å². The molecule has 2 unspecified atom stereocenters. The SMILES string of the molecule is COCC(NC(=O)OC(C)(C)C)C(C)C(=O)c1ccco1. The van der Waals surface area contributed by atoms with E-state index in [-0.39, 0.29) is 18.2 Å². The van der Waals surface area contributed by atoms with Crippen LogP contribution >= 0.6 is 0 Å². The summed E-state index contributed by atoms with van der Waals surface area (Å²) in [6.07, 6.45) is 0.857. The van der Waals surface area contributed by atoms with Crippen LogP contribution in [0.25, 0.3) is 0 Å². The number of hydrogen-bond donors (Lipinski definition) is 1. The van der Waals surface area contributed by atoms with Gasteiger partial charge in [-0.15, -0.1) is 0 Å². The summed E-state index contributed by atoms with van der Waals surface area (Å²) in [5.74, 6) is -0.434. The molecule has 0 radical (unpaired) electrons. The smallest absolute Gasteiger partial charge is 0.407 e. The van der Waals surface area contributed by atoms with Crippen LogP contribution in [0.4, 0.5) is 4.79 Å². The van der Waals surface area contributed by atoms with Gasteiger partial charge in [-0.2, -0.15) is 0 Å². The second-order valence-corrected chi connectivity index (χ2v) is 5.84. The minimum Gasteiger partial charge on any atom is -0.461 e. The summed E-state index contributed by atoms with van der Waals surface area (Å²) in [5, 5.41) is 2.67. The van der Waals surface area contributed by atoms with E-state index in [0.717, 1.165) is 0 Å². The maximum atomic E-state index is 12.2. The first-order valence-electron chi connectivity index (χ1n) is 6.80. The highest BCUT2D eigenvalue weighted by atomic mass is 16.6. The van der Waals surface area contributed by atoms with Crippen LogP contribution in [-0.4, -0.2) is 37.2 Å². The third-order valence-electron chi connectivity index (χ3n) is 2.83. The molecule has 6 heteroatoms. The van der Waals surface area contributed by atoms with E-state index in [9.17, 15) is 9.59 Å². The molecule has 0 bridgehead atoms. The first-order chi connectivity index (χ1) is 9.74. The van der Waals surface area contributed by atoms with Crippen molar-refractivity contribution in [1.29, 1.82) is 0 Å². The van der Waals surface area contributed by atoms with Crippen molar-refractivity contribution in [1.82, 2.24) is 5.32 Å². The minimum absolute atomic E-state index is 0.196. The lowest BCUT2D eigenvalue weighted by atomic mass is 9.96. The average Bonchev–Trinajstić information content (AvgIpc) is 2.88. The van der Waals surface area contributed by atoms with Crippen LogP contribution in [0, 0.1) is 5.92 Å². The molecule has 2 atom stereocenters. The van der Waals surface area contributed by atoms with Gasteiger partial charge in [0.15, 0.2) is 5.76 Å². The van der Waals surface area contributed by atoms with E-state index in [1.54, 1.807) is 39.8 Å². The summed E-state index contributed by atoms with van der Waals surface area (Å²) >= 11 is 0. The van der Waals surface area contributed by atoms with Crippen molar-refractivity contribution in [3.8, 4) is 0 Å². The molecule has 0 saturated carbocycles. The zero-order valence-electron chi connectivity index (χ0n) is 13.1. The summed E-state index contributed by atoms with van der Waals surface area (Å²) < 4.78 is 15.4. The number of alkyl carbamates (subject to hydrolysis) is 1. The molecule has 0 saturated heterocycles. The van der Waals surface area contributed by atoms with Gasteiger partial charge in [-0.3, -0.25) is 4.79 Å². The lowest BCUT2D eigenvalue weighted by molar-refractivity contribution is 0.0432. The van der Waals surface area contributed by atoms with Crippen LogP contribution in [0.15, 0.2) is 22.8 Å². The van der Waals surface area contributed by atoms with Crippen molar-refractivity contribution in [2.75, 3.05) is 13.7 Å². The molecule has 1 aromatic heterocycles. The predicted molar refractivity (Wildman–Crippen MR) is 77.2 cm³/mol. The largest absolute Gasteiger partial charge is 0.461 e. The third kappa shape index (κ3) is 5.59. The molecule has 1 rings (SSSR count).